The fraction of sp³-hybridized carbons (Fsp3) is 0.857. The van der Waals surface area contributed by atoms with Crippen molar-refractivity contribution in [2.45, 2.75) is 57.4 Å². The molecule has 1 aliphatic heterocycles. The summed E-state index contributed by atoms with van der Waals surface area (Å²) in [6, 6.07) is -0.975. The van der Waals surface area contributed by atoms with Gasteiger partial charge in [-0.1, -0.05) is 0 Å². The first-order chi connectivity index (χ1) is 13.3. The van der Waals surface area contributed by atoms with Crippen LogP contribution in [0.3, 0.4) is 0 Å². The zero-order valence-corrected chi connectivity index (χ0v) is 16.9. The zero-order chi connectivity index (χ0) is 19.9. The molecule has 5 rings (SSSR count). The van der Waals surface area contributed by atoms with Gasteiger partial charge in [-0.2, -0.15) is 0 Å². The number of carbonyl (C=O) groups excluding carboxylic acids is 2. The summed E-state index contributed by atoms with van der Waals surface area (Å²) < 4.78 is 0. The third-order valence-corrected chi connectivity index (χ3v) is 7.63. The number of aliphatic carboxylic acids is 1. The van der Waals surface area contributed by atoms with Crippen molar-refractivity contribution in [3.8, 4) is 0 Å². The number of carbonyl (C=O) groups is 3. The minimum atomic E-state index is -1.04. The van der Waals surface area contributed by atoms with Gasteiger partial charge in [-0.05, 0) is 69.7 Å². The summed E-state index contributed by atoms with van der Waals surface area (Å²) in [4.78, 5) is 41.3. The lowest BCUT2D eigenvalue weighted by molar-refractivity contribution is -0.152. The van der Waals surface area contributed by atoms with Crippen molar-refractivity contribution in [1.29, 1.82) is 0 Å². The lowest BCUT2D eigenvalue weighted by Gasteiger charge is -2.55. The van der Waals surface area contributed by atoms with Crippen LogP contribution in [0.2, 0.25) is 0 Å². The smallest absolute Gasteiger partial charge is 0.326 e. The van der Waals surface area contributed by atoms with Crippen LogP contribution in [0.4, 0.5) is 0 Å². The molecule has 0 aromatic carbocycles. The Morgan fingerprint density at radius 2 is 1.54 bits per heavy atom. The van der Waals surface area contributed by atoms with Gasteiger partial charge in [-0.15, -0.1) is 0 Å². The van der Waals surface area contributed by atoms with E-state index in [9.17, 15) is 19.5 Å². The molecule has 0 aromatic heterocycles. The van der Waals surface area contributed by atoms with Crippen LogP contribution in [0.25, 0.3) is 0 Å². The lowest BCUT2D eigenvalue weighted by atomic mass is 9.49. The summed E-state index contributed by atoms with van der Waals surface area (Å²) in [7, 11) is 2.03. The van der Waals surface area contributed by atoms with Gasteiger partial charge < -0.3 is 20.2 Å². The summed E-state index contributed by atoms with van der Waals surface area (Å²) >= 11 is 0. The van der Waals surface area contributed by atoms with E-state index in [0.29, 0.717) is 30.8 Å². The van der Waals surface area contributed by atoms with Gasteiger partial charge in [0.1, 0.15) is 6.04 Å². The van der Waals surface area contributed by atoms with Gasteiger partial charge in [-0.25, -0.2) is 4.79 Å². The molecule has 28 heavy (non-hydrogen) atoms. The van der Waals surface area contributed by atoms with Gasteiger partial charge in [0.25, 0.3) is 0 Å². The Kier molecular flexibility index (Phi) is 5.38. The predicted octanol–water partition coefficient (Wildman–Crippen LogP) is 1.33. The lowest BCUT2D eigenvalue weighted by Crippen LogP contribution is -2.56. The average Bonchev–Trinajstić information content (AvgIpc) is 2.64. The molecule has 7 heteroatoms. The van der Waals surface area contributed by atoms with Gasteiger partial charge in [0.15, 0.2) is 0 Å². The van der Waals surface area contributed by atoms with E-state index in [-0.39, 0.29) is 30.1 Å². The molecule has 156 valence electrons. The quantitative estimate of drug-likeness (QED) is 0.713. The number of rotatable bonds is 6. The van der Waals surface area contributed by atoms with Crippen LogP contribution in [-0.2, 0) is 14.4 Å². The van der Waals surface area contributed by atoms with Crippen molar-refractivity contribution in [2.24, 2.45) is 23.2 Å². The molecule has 1 saturated heterocycles. The van der Waals surface area contributed by atoms with E-state index in [0.717, 1.165) is 32.4 Å². The molecule has 7 nitrogen and oxygen atoms in total. The highest BCUT2D eigenvalue weighted by Gasteiger charge is 2.54. The van der Waals surface area contributed by atoms with Gasteiger partial charge in [0.2, 0.25) is 11.8 Å². The second kappa shape index (κ2) is 7.65. The molecule has 1 atom stereocenters. The van der Waals surface area contributed by atoms with Gasteiger partial charge in [0, 0.05) is 38.0 Å². The maximum atomic E-state index is 13.1. The summed E-state index contributed by atoms with van der Waals surface area (Å²) in [6.07, 6.45) is 6.81. The van der Waals surface area contributed by atoms with Gasteiger partial charge >= 0.3 is 5.97 Å². The largest absolute Gasteiger partial charge is 0.480 e. The van der Waals surface area contributed by atoms with Crippen LogP contribution >= 0.6 is 0 Å². The summed E-state index contributed by atoms with van der Waals surface area (Å²) in [6.45, 7) is 3.06. The van der Waals surface area contributed by atoms with Gasteiger partial charge in [0.05, 0.1) is 0 Å². The molecule has 0 aromatic rings. The van der Waals surface area contributed by atoms with E-state index in [1.807, 2.05) is 7.05 Å². The molecule has 2 amide bonds. The molecule has 0 unspecified atom stereocenters. The molecule has 4 saturated carbocycles. The molecule has 4 aliphatic carbocycles. The van der Waals surface area contributed by atoms with Gasteiger partial charge in [-0.3, -0.25) is 9.59 Å². The van der Waals surface area contributed by atoms with Crippen molar-refractivity contribution >= 4 is 17.8 Å². The molecule has 0 spiro atoms. The maximum absolute atomic E-state index is 13.1. The normalized spacial score (nSPS) is 35.6. The number of nitrogens with one attached hydrogen (secondary N) is 1. The Hall–Kier alpha value is -1.63. The van der Waals surface area contributed by atoms with Crippen LogP contribution in [0.5, 0.6) is 0 Å². The first-order valence-electron chi connectivity index (χ1n) is 10.8. The standard InChI is InChI=1S/C21H33N3O4/c1-23-4-6-24(7-5-23)18(25)3-2-17(19(26)27)22-20(28)21-11-14-8-15(12-21)10-16(9-14)13-21/h14-17H,2-13H2,1H3,(H,22,28)(H,26,27)/t14?,15?,16?,17-,21?/m0/s1. The van der Waals surface area contributed by atoms with E-state index in [1.54, 1.807) is 4.90 Å². The molecule has 5 aliphatic rings. The predicted molar refractivity (Wildman–Crippen MR) is 103 cm³/mol. The molecular weight excluding hydrogens is 358 g/mol. The van der Waals surface area contributed by atoms with E-state index in [4.69, 9.17) is 0 Å². The molecule has 4 bridgehead atoms. The number of piperazine rings is 1. The third kappa shape index (κ3) is 3.91. The van der Waals surface area contributed by atoms with E-state index in [1.165, 1.54) is 19.3 Å². The van der Waals surface area contributed by atoms with Crippen LogP contribution in [-0.4, -0.2) is 72.0 Å². The van der Waals surface area contributed by atoms with Crippen molar-refractivity contribution < 1.29 is 19.5 Å². The third-order valence-electron chi connectivity index (χ3n) is 7.63. The Labute approximate surface area is 166 Å². The fourth-order valence-corrected chi connectivity index (χ4v) is 6.44. The number of hydrogen-bond acceptors (Lipinski definition) is 4. The van der Waals surface area contributed by atoms with E-state index in [2.05, 4.69) is 10.2 Å². The SMILES string of the molecule is CN1CCN(C(=O)CC[C@H](NC(=O)C23CC4CC(CC(C4)C2)C3)C(=O)O)CC1. The van der Waals surface area contributed by atoms with Crippen LogP contribution in [0.1, 0.15) is 51.4 Å². The van der Waals surface area contributed by atoms with Crippen LogP contribution < -0.4 is 5.32 Å². The monoisotopic (exact) mass is 391 g/mol. The molecule has 1 heterocycles. The highest BCUT2D eigenvalue weighted by atomic mass is 16.4. The first kappa shape index (κ1) is 19.7. The summed E-state index contributed by atoms with van der Waals surface area (Å²) in [5.41, 5.74) is -0.357. The number of amides is 2. The van der Waals surface area contributed by atoms with Crippen molar-refractivity contribution in [1.82, 2.24) is 15.1 Å². The molecular formula is C21H33N3O4. The zero-order valence-electron chi connectivity index (χ0n) is 16.9. The Bertz CT molecular complexity index is 606. The topological polar surface area (TPSA) is 90.0 Å². The number of carboxylic acids is 1. The fourth-order valence-electron chi connectivity index (χ4n) is 6.44. The second-order valence-electron chi connectivity index (χ2n) is 9.78. The van der Waals surface area contributed by atoms with Crippen LogP contribution in [0.15, 0.2) is 0 Å². The first-order valence-corrected chi connectivity index (χ1v) is 10.8. The molecule has 2 N–H and O–H groups in total. The van der Waals surface area contributed by atoms with E-state index < -0.39 is 12.0 Å². The molecule has 0 radical (unpaired) electrons. The Balaban J connectivity index is 1.33. The van der Waals surface area contributed by atoms with Crippen LogP contribution in [0, 0.1) is 23.2 Å². The van der Waals surface area contributed by atoms with Crippen molar-refractivity contribution in [3.05, 3.63) is 0 Å². The minimum absolute atomic E-state index is 0.0107. The summed E-state index contributed by atoms with van der Waals surface area (Å²) in [5, 5.41) is 12.4. The molecule has 5 fully saturated rings. The number of nitrogens with zero attached hydrogens (tertiary/aromatic N) is 2. The number of carboxylic acid groups (broad SMARTS) is 1. The average molecular weight is 392 g/mol. The highest BCUT2D eigenvalue weighted by Crippen LogP contribution is 2.60. The van der Waals surface area contributed by atoms with Crippen molar-refractivity contribution in [2.75, 3.05) is 33.2 Å². The summed E-state index contributed by atoms with van der Waals surface area (Å²) in [5.74, 6) is 0.788. The highest BCUT2D eigenvalue weighted by molar-refractivity contribution is 5.88. The van der Waals surface area contributed by atoms with Crippen molar-refractivity contribution in [3.63, 3.8) is 0 Å². The second-order valence-corrected chi connectivity index (χ2v) is 9.78. The Morgan fingerprint density at radius 3 is 2.04 bits per heavy atom. The van der Waals surface area contributed by atoms with E-state index >= 15 is 0 Å². The minimum Gasteiger partial charge on any atom is -0.480 e. The Morgan fingerprint density at radius 1 is 1.00 bits per heavy atom. The number of likely N-dealkylation sites (N-methyl/N-ethyl adjacent to an activating group) is 1. The number of hydrogen-bond donors (Lipinski definition) is 2. The maximum Gasteiger partial charge on any atom is 0.326 e.